The van der Waals surface area contributed by atoms with E-state index >= 15 is 0 Å². The van der Waals surface area contributed by atoms with E-state index in [-0.39, 0.29) is 12.1 Å². The molecule has 2 atom stereocenters. The second-order valence-electron chi connectivity index (χ2n) is 6.50. The van der Waals surface area contributed by atoms with Crippen molar-refractivity contribution in [1.82, 2.24) is 14.5 Å². The van der Waals surface area contributed by atoms with Crippen LogP contribution in [0.25, 0.3) is 10.9 Å². The minimum absolute atomic E-state index is 0.0937. The molecule has 4 rings (SSSR count). The molecular formula is C15H20N4O2S. The molecule has 2 saturated heterocycles. The number of anilines is 1. The summed E-state index contributed by atoms with van der Waals surface area (Å²) in [5, 5.41) is 8.28. The lowest BCUT2D eigenvalue weighted by molar-refractivity contribution is 0.288. The molecule has 2 aromatic rings. The average molecular weight is 320 g/mol. The van der Waals surface area contributed by atoms with Gasteiger partial charge in [-0.1, -0.05) is 0 Å². The van der Waals surface area contributed by atoms with Crippen LogP contribution in [0.1, 0.15) is 18.4 Å². The summed E-state index contributed by atoms with van der Waals surface area (Å²) in [5.41, 5.74) is 3.38. The number of piperazine rings is 1. The number of aromatic nitrogens is 2. The summed E-state index contributed by atoms with van der Waals surface area (Å²) in [7, 11) is -3.12. The fourth-order valence-electron chi connectivity index (χ4n) is 4.04. The zero-order valence-corrected chi connectivity index (χ0v) is 13.6. The predicted octanol–water partition coefficient (Wildman–Crippen LogP) is 1.48. The van der Waals surface area contributed by atoms with E-state index in [9.17, 15) is 8.42 Å². The van der Waals surface area contributed by atoms with E-state index in [0.29, 0.717) is 0 Å². The molecule has 2 aliphatic heterocycles. The Kier molecular flexibility index (Phi) is 2.99. The van der Waals surface area contributed by atoms with Crippen molar-refractivity contribution in [2.75, 3.05) is 24.2 Å². The van der Waals surface area contributed by atoms with Gasteiger partial charge in [-0.3, -0.25) is 5.10 Å². The van der Waals surface area contributed by atoms with Gasteiger partial charge >= 0.3 is 0 Å². The first-order valence-corrected chi connectivity index (χ1v) is 9.45. The van der Waals surface area contributed by atoms with Crippen LogP contribution in [0, 0.1) is 6.92 Å². The molecule has 0 radical (unpaired) electrons. The third-order valence-electron chi connectivity index (χ3n) is 4.82. The van der Waals surface area contributed by atoms with Crippen molar-refractivity contribution in [1.29, 1.82) is 0 Å². The van der Waals surface area contributed by atoms with Gasteiger partial charge in [0.05, 0.1) is 18.0 Å². The monoisotopic (exact) mass is 320 g/mol. The number of fused-ring (bicyclic) bond motifs is 3. The molecule has 118 valence electrons. The first-order valence-electron chi connectivity index (χ1n) is 7.60. The predicted molar refractivity (Wildman–Crippen MR) is 86.5 cm³/mol. The molecule has 7 heteroatoms. The topological polar surface area (TPSA) is 69.3 Å². The quantitative estimate of drug-likeness (QED) is 0.910. The van der Waals surface area contributed by atoms with Crippen LogP contribution in [0.4, 0.5) is 5.69 Å². The summed E-state index contributed by atoms with van der Waals surface area (Å²) >= 11 is 0. The van der Waals surface area contributed by atoms with Crippen molar-refractivity contribution < 1.29 is 8.42 Å². The summed E-state index contributed by atoms with van der Waals surface area (Å²) in [5.74, 6) is 0. The fourth-order valence-corrected chi connectivity index (χ4v) is 5.46. The second-order valence-corrected chi connectivity index (χ2v) is 8.39. The maximum absolute atomic E-state index is 12.0. The lowest BCUT2D eigenvalue weighted by atomic mass is 10.1. The molecule has 6 nitrogen and oxygen atoms in total. The van der Waals surface area contributed by atoms with Gasteiger partial charge < -0.3 is 4.90 Å². The van der Waals surface area contributed by atoms with E-state index in [1.165, 1.54) is 11.8 Å². The molecule has 2 unspecified atom stereocenters. The minimum atomic E-state index is -3.12. The zero-order chi connectivity index (χ0) is 15.5. The third kappa shape index (κ3) is 2.11. The number of sulfonamides is 1. The SMILES string of the molecule is Cc1cc(N2CC3CCC(C2)N3S(C)(=O)=O)c2cn[nH]c2c1. The number of aromatic amines is 1. The Bertz CT molecular complexity index is 815. The van der Waals surface area contributed by atoms with E-state index in [1.807, 2.05) is 6.20 Å². The molecular weight excluding hydrogens is 300 g/mol. The molecule has 0 saturated carbocycles. The molecule has 22 heavy (non-hydrogen) atoms. The Labute approximate surface area is 130 Å². The number of rotatable bonds is 2. The molecule has 2 fully saturated rings. The Balaban J connectivity index is 1.72. The maximum atomic E-state index is 12.0. The maximum Gasteiger partial charge on any atom is 0.211 e. The van der Waals surface area contributed by atoms with Gasteiger partial charge in [0.15, 0.2) is 0 Å². The summed E-state index contributed by atoms with van der Waals surface area (Å²) in [6.07, 6.45) is 5.09. The lowest BCUT2D eigenvalue weighted by Crippen LogP contribution is -2.55. The van der Waals surface area contributed by atoms with Crippen molar-refractivity contribution >= 4 is 26.6 Å². The van der Waals surface area contributed by atoms with Gasteiger partial charge in [-0.05, 0) is 37.5 Å². The summed E-state index contributed by atoms with van der Waals surface area (Å²) in [4.78, 5) is 2.33. The molecule has 0 spiro atoms. The highest BCUT2D eigenvalue weighted by atomic mass is 32.2. The van der Waals surface area contributed by atoms with Crippen molar-refractivity contribution in [3.05, 3.63) is 23.9 Å². The van der Waals surface area contributed by atoms with Crippen LogP contribution in [-0.4, -0.2) is 54.3 Å². The van der Waals surface area contributed by atoms with E-state index in [1.54, 1.807) is 4.31 Å². The van der Waals surface area contributed by atoms with Gasteiger partial charge in [-0.2, -0.15) is 9.40 Å². The standard InChI is InChI=1S/C15H20N4O2S/c1-10-5-14-13(7-16-17-14)15(6-10)18-8-11-3-4-12(9-18)19(11)22(2,20)21/h5-7,11-12H,3-4,8-9H2,1-2H3,(H,16,17). The number of aryl methyl sites for hydroxylation is 1. The van der Waals surface area contributed by atoms with Gasteiger partial charge in [0.1, 0.15) is 0 Å². The van der Waals surface area contributed by atoms with E-state index in [0.717, 1.165) is 42.5 Å². The van der Waals surface area contributed by atoms with Crippen LogP contribution in [0.3, 0.4) is 0 Å². The van der Waals surface area contributed by atoms with Crippen molar-refractivity contribution in [2.24, 2.45) is 0 Å². The van der Waals surface area contributed by atoms with Crippen molar-refractivity contribution in [3.63, 3.8) is 0 Å². The molecule has 1 aromatic carbocycles. The number of benzene rings is 1. The Morgan fingerprint density at radius 2 is 1.91 bits per heavy atom. The van der Waals surface area contributed by atoms with E-state index < -0.39 is 10.0 Å². The van der Waals surface area contributed by atoms with Crippen LogP contribution < -0.4 is 4.90 Å². The van der Waals surface area contributed by atoms with Crippen LogP contribution in [-0.2, 0) is 10.0 Å². The highest BCUT2D eigenvalue weighted by molar-refractivity contribution is 7.88. The average Bonchev–Trinajstić information content (AvgIpc) is 3.00. The van der Waals surface area contributed by atoms with Gasteiger partial charge in [-0.15, -0.1) is 0 Å². The lowest BCUT2D eigenvalue weighted by Gasteiger charge is -2.40. The first kappa shape index (κ1) is 14.0. The number of hydrogen-bond acceptors (Lipinski definition) is 4. The van der Waals surface area contributed by atoms with Gasteiger partial charge in [-0.25, -0.2) is 8.42 Å². The van der Waals surface area contributed by atoms with Gasteiger partial charge in [0.2, 0.25) is 10.0 Å². The third-order valence-corrected chi connectivity index (χ3v) is 6.18. The minimum Gasteiger partial charge on any atom is -0.368 e. The van der Waals surface area contributed by atoms with Crippen LogP contribution in [0.15, 0.2) is 18.3 Å². The number of nitrogens with one attached hydrogen (secondary N) is 1. The smallest absolute Gasteiger partial charge is 0.211 e. The number of H-pyrrole nitrogens is 1. The fraction of sp³-hybridized carbons (Fsp3) is 0.533. The van der Waals surface area contributed by atoms with Crippen LogP contribution in [0.2, 0.25) is 0 Å². The van der Waals surface area contributed by atoms with E-state index in [4.69, 9.17) is 0 Å². The Hall–Kier alpha value is -1.60. The highest BCUT2D eigenvalue weighted by Crippen LogP contribution is 2.36. The number of nitrogens with zero attached hydrogens (tertiary/aromatic N) is 3. The molecule has 0 amide bonds. The second kappa shape index (κ2) is 4.70. The van der Waals surface area contributed by atoms with E-state index in [2.05, 4.69) is 34.2 Å². The molecule has 2 bridgehead atoms. The molecule has 1 N–H and O–H groups in total. The summed E-state index contributed by atoms with van der Waals surface area (Å²) < 4.78 is 25.7. The summed E-state index contributed by atoms with van der Waals surface area (Å²) in [6, 6.07) is 4.45. The molecule has 1 aromatic heterocycles. The Morgan fingerprint density at radius 1 is 1.23 bits per heavy atom. The molecule has 2 aliphatic rings. The van der Waals surface area contributed by atoms with Gasteiger partial charge in [0.25, 0.3) is 0 Å². The Morgan fingerprint density at radius 3 is 2.55 bits per heavy atom. The van der Waals surface area contributed by atoms with Gasteiger partial charge in [0, 0.05) is 36.2 Å². The largest absolute Gasteiger partial charge is 0.368 e. The van der Waals surface area contributed by atoms with Crippen molar-refractivity contribution in [3.8, 4) is 0 Å². The molecule has 3 heterocycles. The summed E-state index contributed by atoms with van der Waals surface area (Å²) in [6.45, 7) is 3.59. The zero-order valence-electron chi connectivity index (χ0n) is 12.8. The number of hydrogen-bond donors (Lipinski definition) is 1. The normalized spacial score (nSPS) is 26.0. The molecule has 0 aliphatic carbocycles. The highest BCUT2D eigenvalue weighted by Gasteiger charge is 2.44. The van der Waals surface area contributed by atoms with Crippen LogP contribution >= 0.6 is 0 Å². The van der Waals surface area contributed by atoms with Crippen LogP contribution in [0.5, 0.6) is 0 Å². The van der Waals surface area contributed by atoms with Crippen molar-refractivity contribution in [2.45, 2.75) is 31.8 Å². The first-order chi connectivity index (χ1) is 10.4.